The highest BCUT2D eigenvalue weighted by molar-refractivity contribution is 5.79. The summed E-state index contributed by atoms with van der Waals surface area (Å²) in [5.41, 5.74) is 3.36. The summed E-state index contributed by atoms with van der Waals surface area (Å²) in [4.78, 5) is 15.1. The van der Waals surface area contributed by atoms with Crippen molar-refractivity contribution in [2.75, 3.05) is 6.54 Å². The molecule has 2 nitrogen and oxygen atoms in total. The van der Waals surface area contributed by atoms with Crippen LogP contribution in [0.25, 0.3) is 0 Å². The summed E-state index contributed by atoms with van der Waals surface area (Å²) in [7, 11) is 0. The number of likely N-dealkylation sites (tertiary alicyclic amines) is 1. The van der Waals surface area contributed by atoms with Gasteiger partial charge in [0, 0.05) is 18.4 Å². The number of amides is 1. The third-order valence-corrected chi connectivity index (χ3v) is 6.57. The highest BCUT2D eigenvalue weighted by Gasteiger charge is 2.41. The number of carbonyl (C=O) groups is 1. The highest BCUT2D eigenvalue weighted by Crippen LogP contribution is 2.42. The first-order valence-electron chi connectivity index (χ1n) is 10.3. The Morgan fingerprint density at radius 3 is 2.43 bits per heavy atom. The first-order valence-corrected chi connectivity index (χ1v) is 10.3. The first kappa shape index (κ1) is 18.9. The van der Waals surface area contributed by atoms with Crippen molar-refractivity contribution in [1.29, 1.82) is 0 Å². The molecule has 2 atom stereocenters. The summed E-state index contributed by atoms with van der Waals surface area (Å²) in [6.45, 7) is 6.72. The van der Waals surface area contributed by atoms with Crippen LogP contribution in [0.1, 0.15) is 67.7 Å². The largest absolute Gasteiger partial charge is 0.336 e. The van der Waals surface area contributed by atoms with Gasteiger partial charge in [-0.15, -0.1) is 6.58 Å². The molecule has 0 spiro atoms. The zero-order valence-electron chi connectivity index (χ0n) is 16.5. The average Bonchev–Trinajstić information content (AvgIpc) is 3.54. The second kappa shape index (κ2) is 7.54. The fraction of sp³-hybridized carbons (Fsp3) is 0.400. The predicted molar refractivity (Wildman–Crippen MR) is 111 cm³/mol. The standard InChI is InChI=1S/C25H28FNO/c1-3-14-25(22-10-12-23(26)13-11-22)15-16-27(24(28)17-25)18(2)19-4-6-20(7-5-19)21-8-9-21/h3-7,10-13,18,21H,1,8-9,14-17H2,2H3/t18-,25?/m0/s1. The molecule has 0 bridgehead atoms. The molecule has 3 heteroatoms. The molecular weight excluding hydrogens is 349 g/mol. The van der Waals surface area contributed by atoms with Crippen molar-refractivity contribution in [1.82, 2.24) is 4.90 Å². The normalized spacial score (nSPS) is 23.5. The minimum atomic E-state index is -0.279. The Bertz CT molecular complexity index is 853. The summed E-state index contributed by atoms with van der Waals surface area (Å²) in [5, 5.41) is 0. The monoisotopic (exact) mass is 377 g/mol. The van der Waals surface area contributed by atoms with E-state index in [1.165, 1.54) is 36.1 Å². The number of hydrogen-bond acceptors (Lipinski definition) is 1. The Balaban J connectivity index is 1.52. The Morgan fingerprint density at radius 2 is 1.86 bits per heavy atom. The lowest BCUT2D eigenvalue weighted by Crippen LogP contribution is -2.47. The number of allylic oxidation sites excluding steroid dienone is 1. The number of hydrogen-bond donors (Lipinski definition) is 0. The van der Waals surface area contributed by atoms with Crippen molar-refractivity contribution in [3.05, 3.63) is 83.7 Å². The maximum Gasteiger partial charge on any atom is 0.223 e. The van der Waals surface area contributed by atoms with E-state index in [4.69, 9.17) is 0 Å². The van der Waals surface area contributed by atoms with Crippen LogP contribution in [0.4, 0.5) is 4.39 Å². The van der Waals surface area contributed by atoms with E-state index in [-0.39, 0.29) is 23.2 Å². The SMILES string of the molecule is C=CCC1(c2ccc(F)cc2)CCN([C@@H](C)c2ccc(C3CC3)cc2)C(=O)C1. The topological polar surface area (TPSA) is 20.3 Å². The van der Waals surface area contributed by atoms with E-state index in [0.717, 1.165) is 24.3 Å². The van der Waals surface area contributed by atoms with Gasteiger partial charge in [-0.25, -0.2) is 4.39 Å². The lowest BCUT2D eigenvalue weighted by molar-refractivity contribution is -0.138. The average molecular weight is 378 g/mol. The molecule has 2 aromatic carbocycles. The van der Waals surface area contributed by atoms with Gasteiger partial charge in [-0.1, -0.05) is 42.5 Å². The van der Waals surface area contributed by atoms with E-state index in [1.54, 1.807) is 0 Å². The Kier molecular flexibility index (Phi) is 5.09. The molecule has 1 unspecified atom stereocenters. The van der Waals surface area contributed by atoms with Crippen LogP contribution >= 0.6 is 0 Å². The van der Waals surface area contributed by atoms with E-state index < -0.39 is 0 Å². The van der Waals surface area contributed by atoms with Crippen molar-refractivity contribution in [2.45, 2.75) is 56.4 Å². The van der Waals surface area contributed by atoms with Crippen molar-refractivity contribution in [3.63, 3.8) is 0 Å². The quantitative estimate of drug-likeness (QED) is 0.574. The molecule has 0 radical (unpaired) electrons. The molecule has 0 N–H and O–H groups in total. The Morgan fingerprint density at radius 1 is 1.18 bits per heavy atom. The van der Waals surface area contributed by atoms with E-state index in [9.17, 15) is 9.18 Å². The minimum Gasteiger partial charge on any atom is -0.336 e. The molecule has 2 aromatic rings. The third-order valence-electron chi connectivity index (χ3n) is 6.57. The van der Waals surface area contributed by atoms with Crippen LogP contribution in [-0.4, -0.2) is 17.4 Å². The van der Waals surface area contributed by atoms with Crippen LogP contribution in [0, 0.1) is 5.82 Å². The number of halogens is 1. The number of benzene rings is 2. The van der Waals surface area contributed by atoms with Gasteiger partial charge < -0.3 is 4.90 Å². The number of rotatable bonds is 6. The summed E-state index contributed by atoms with van der Waals surface area (Å²) < 4.78 is 13.4. The summed E-state index contributed by atoms with van der Waals surface area (Å²) in [6.07, 6.45) is 6.51. The van der Waals surface area contributed by atoms with Crippen molar-refractivity contribution in [2.24, 2.45) is 0 Å². The molecule has 1 heterocycles. The molecule has 146 valence electrons. The molecule has 4 rings (SSSR count). The second-order valence-corrected chi connectivity index (χ2v) is 8.41. The lowest BCUT2D eigenvalue weighted by Gasteiger charge is -2.43. The molecule has 1 saturated carbocycles. The van der Waals surface area contributed by atoms with E-state index >= 15 is 0 Å². The Hall–Kier alpha value is -2.42. The van der Waals surface area contributed by atoms with E-state index in [1.807, 2.05) is 23.1 Å². The molecule has 28 heavy (non-hydrogen) atoms. The van der Waals surface area contributed by atoms with Gasteiger partial charge in [-0.3, -0.25) is 4.79 Å². The molecule has 2 aliphatic rings. The summed E-state index contributed by atoms with van der Waals surface area (Å²) >= 11 is 0. The van der Waals surface area contributed by atoms with Crippen LogP contribution in [0.15, 0.2) is 61.2 Å². The Labute approximate surface area is 167 Å². The van der Waals surface area contributed by atoms with Crippen molar-refractivity contribution in [3.8, 4) is 0 Å². The fourth-order valence-electron chi connectivity index (χ4n) is 4.61. The van der Waals surface area contributed by atoms with Gasteiger partial charge in [-0.05, 0) is 67.3 Å². The van der Waals surface area contributed by atoms with E-state index in [2.05, 4.69) is 37.8 Å². The van der Waals surface area contributed by atoms with Gasteiger partial charge in [0.1, 0.15) is 5.82 Å². The van der Waals surface area contributed by atoms with Crippen LogP contribution in [0.2, 0.25) is 0 Å². The number of carbonyl (C=O) groups excluding carboxylic acids is 1. The molecule has 2 fully saturated rings. The van der Waals surface area contributed by atoms with Gasteiger partial charge >= 0.3 is 0 Å². The van der Waals surface area contributed by atoms with Crippen LogP contribution in [0.5, 0.6) is 0 Å². The predicted octanol–water partition coefficient (Wildman–Crippen LogP) is 5.90. The van der Waals surface area contributed by atoms with Crippen LogP contribution in [0.3, 0.4) is 0 Å². The molecule has 1 aliphatic heterocycles. The molecule has 1 amide bonds. The van der Waals surface area contributed by atoms with Crippen molar-refractivity contribution < 1.29 is 9.18 Å². The zero-order valence-corrected chi connectivity index (χ0v) is 16.5. The highest BCUT2D eigenvalue weighted by atomic mass is 19.1. The zero-order chi connectivity index (χ0) is 19.7. The van der Waals surface area contributed by atoms with Crippen LogP contribution < -0.4 is 0 Å². The molecule has 1 saturated heterocycles. The number of nitrogens with zero attached hydrogens (tertiary/aromatic N) is 1. The summed E-state index contributed by atoms with van der Waals surface area (Å²) in [6, 6.07) is 15.5. The summed E-state index contributed by atoms with van der Waals surface area (Å²) in [5.74, 6) is 0.664. The third kappa shape index (κ3) is 3.63. The van der Waals surface area contributed by atoms with Gasteiger partial charge in [0.05, 0.1) is 6.04 Å². The first-order chi connectivity index (χ1) is 13.5. The molecule has 1 aliphatic carbocycles. The van der Waals surface area contributed by atoms with Crippen LogP contribution in [-0.2, 0) is 10.2 Å². The van der Waals surface area contributed by atoms with Crippen molar-refractivity contribution >= 4 is 5.91 Å². The number of piperidine rings is 1. The second-order valence-electron chi connectivity index (χ2n) is 8.41. The van der Waals surface area contributed by atoms with Gasteiger partial charge in [0.15, 0.2) is 0 Å². The lowest BCUT2D eigenvalue weighted by atomic mass is 9.70. The van der Waals surface area contributed by atoms with Gasteiger partial charge in [-0.2, -0.15) is 0 Å². The van der Waals surface area contributed by atoms with E-state index in [0.29, 0.717) is 13.0 Å². The molecular formula is C25H28FNO. The minimum absolute atomic E-state index is 0.0655. The van der Waals surface area contributed by atoms with Gasteiger partial charge in [0.2, 0.25) is 5.91 Å². The van der Waals surface area contributed by atoms with Gasteiger partial charge in [0.25, 0.3) is 0 Å². The maximum atomic E-state index is 13.4. The maximum absolute atomic E-state index is 13.4. The fourth-order valence-corrected chi connectivity index (χ4v) is 4.61. The molecule has 0 aromatic heterocycles. The smallest absolute Gasteiger partial charge is 0.223 e.